The number of halogens is 1. The van der Waals surface area contributed by atoms with Gasteiger partial charge in [-0.15, -0.1) is 11.8 Å². The number of hydrogen-bond acceptors (Lipinski definition) is 5. The van der Waals surface area contributed by atoms with Crippen molar-refractivity contribution in [2.24, 2.45) is 0 Å². The van der Waals surface area contributed by atoms with Crippen molar-refractivity contribution in [1.82, 2.24) is 10.2 Å². The molecule has 1 aliphatic heterocycles. The first-order valence-electron chi connectivity index (χ1n) is 9.53. The fourth-order valence-electron chi connectivity index (χ4n) is 3.43. The molecule has 0 radical (unpaired) electrons. The van der Waals surface area contributed by atoms with E-state index in [9.17, 15) is 4.79 Å². The summed E-state index contributed by atoms with van der Waals surface area (Å²) in [5, 5.41) is 10.5. The number of methoxy groups -OCH3 is 1. The average molecular weight is 444 g/mol. The third-order valence-electron chi connectivity index (χ3n) is 5.02. The number of carbonyl (C=O) groups excluding carboxylic acids is 1. The number of rotatable bonds is 5. The first-order chi connectivity index (χ1) is 14.5. The molecule has 156 valence electrons. The van der Waals surface area contributed by atoms with Gasteiger partial charge in [0.25, 0.3) is 0 Å². The van der Waals surface area contributed by atoms with Gasteiger partial charge in [0.05, 0.1) is 17.6 Å². The minimum atomic E-state index is -0.251. The zero-order valence-electron chi connectivity index (χ0n) is 16.9. The minimum absolute atomic E-state index is 0.0678. The normalized spacial score (nSPS) is 18.3. The highest BCUT2D eigenvalue weighted by Crippen LogP contribution is 2.49. The van der Waals surface area contributed by atoms with Gasteiger partial charge < -0.3 is 14.8 Å². The lowest BCUT2D eigenvalue weighted by Crippen LogP contribution is -2.21. The number of para-hydroxylation sites is 1. The van der Waals surface area contributed by atoms with Gasteiger partial charge in [0, 0.05) is 21.8 Å². The van der Waals surface area contributed by atoms with Crippen LogP contribution in [0.15, 0.2) is 42.5 Å². The summed E-state index contributed by atoms with van der Waals surface area (Å²) in [5.41, 5.74) is 3.78. The van der Waals surface area contributed by atoms with Crippen LogP contribution in [-0.4, -0.2) is 28.5 Å². The number of anilines is 1. The lowest BCUT2D eigenvalue weighted by molar-refractivity contribution is -0.115. The van der Waals surface area contributed by atoms with E-state index in [0.717, 1.165) is 22.4 Å². The van der Waals surface area contributed by atoms with Gasteiger partial charge in [-0.05, 0) is 37.6 Å². The van der Waals surface area contributed by atoms with Gasteiger partial charge in [-0.25, -0.2) is 0 Å². The van der Waals surface area contributed by atoms with Crippen molar-refractivity contribution in [2.75, 3.05) is 12.4 Å². The van der Waals surface area contributed by atoms with E-state index >= 15 is 0 Å². The summed E-state index contributed by atoms with van der Waals surface area (Å²) in [4.78, 5) is 12.5. The van der Waals surface area contributed by atoms with Gasteiger partial charge >= 0.3 is 0 Å². The van der Waals surface area contributed by atoms with Crippen LogP contribution in [0.4, 0.5) is 5.82 Å². The third-order valence-corrected chi connectivity index (χ3v) is 6.65. The molecule has 0 aliphatic carbocycles. The van der Waals surface area contributed by atoms with Gasteiger partial charge in [-0.2, -0.15) is 5.10 Å². The van der Waals surface area contributed by atoms with E-state index in [1.807, 2.05) is 56.3 Å². The van der Waals surface area contributed by atoms with Crippen molar-refractivity contribution in [1.29, 1.82) is 0 Å². The maximum absolute atomic E-state index is 12.5. The number of aromatic amines is 1. The summed E-state index contributed by atoms with van der Waals surface area (Å²) in [5.74, 6) is 1.79. The Kier molecular flexibility index (Phi) is 5.92. The Morgan fingerprint density at radius 1 is 1.20 bits per heavy atom. The molecule has 8 heteroatoms. The van der Waals surface area contributed by atoms with Crippen molar-refractivity contribution < 1.29 is 14.3 Å². The van der Waals surface area contributed by atoms with Crippen molar-refractivity contribution in [2.45, 2.75) is 31.0 Å². The Balaban J connectivity index is 1.75. The van der Waals surface area contributed by atoms with Crippen molar-refractivity contribution in [3.63, 3.8) is 0 Å². The number of amides is 1. The number of fused-ring (bicyclic) bond motifs is 1. The summed E-state index contributed by atoms with van der Waals surface area (Å²) in [6, 6.07) is 13.4. The highest BCUT2D eigenvalue weighted by atomic mass is 35.5. The number of hydrogen-bond donors (Lipinski definition) is 2. The molecule has 2 heterocycles. The van der Waals surface area contributed by atoms with Crippen molar-refractivity contribution in [3.05, 3.63) is 69.9 Å². The molecule has 2 N–H and O–H groups in total. The summed E-state index contributed by atoms with van der Waals surface area (Å²) < 4.78 is 11.9. The Labute approximate surface area is 184 Å². The molecule has 0 fully saturated rings. The molecule has 0 bridgehead atoms. The molecule has 1 amide bonds. The largest absolute Gasteiger partial charge is 0.493 e. The number of ether oxygens (including phenoxy) is 2. The quantitative estimate of drug-likeness (QED) is 0.572. The second kappa shape index (κ2) is 8.62. The molecule has 0 spiro atoms. The molecule has 3 aromatic rings. The zero-order valence-corrected chi connectivity index (χ0v) is 18.4. The number of aryl methyl sites for hydroxylation is 1. The van der Waals surface area contributed by atoms with Crippen LogP contribution in [0.2, 0.25) is 5.02 Å². The molecule has 2 unspecified atom stereocenters. The number of H-pyrrole nitrogens is 1. The minimum Gasteiger partial charge on any atom is -0.493 e. The second-order valence-corrected chi connectivity index (χ2v) is 8.94. The molecule has 2 aromatic carbocycles. The molecule has 30 heavy (non-hydrogen) atoms. The van der Waals surface area contributed by atoms with Crippen LogP contribution in [0, 0.1) is 6.92 Å². The Morgan fingerprint density at radius 3 is 2.70 bits per heavy atom. The molecule has 2 atom stereocenters. The number of carbonyl (C=O) groups is 1. The molecular formula is C22H22ClN3O3S. The molecule has 0 saturated carbocycles. The number of aromatic nitrogens is 2. The van der Waals surface area contributed by atoms with E-state index in [-0.39, 0.29) is 16.4 Å². The smallest absolute Gasteiger partial charge is 0.238 e. The van der Waals surface area contributed by atoms with Crippen LogP contribution in [0.5, 0.6) is 11.5 Å². The molecule has 1 aliphatic rings. The van der Waals surface area contributed by atoms with Gasteiger partial charge in [0.15, 0.2) is 17.3 Å². The van der Waals surface area contributed by atoms with Crippen molar-refractivity contribution in [3.8, 4) is 11.5 Å². The van der Waals surface area contributed by atoms with E-state index in [2.05, 4.69) is 15.5 Å². The maximum atomic E-state index is 12.5. The SMILES string of the molecule is COc1cccc(C2SC(C)C(=O)Nc3n[nH]c(C)c32)c1OCc1ccc(Cl)cc1. The number of nitrogens with zero attached hydrogens (tertiary/aromatic N) is 1. The van der Waals surface area contributed by atoms with Gasteiger partial charge in [0.1, 0.15) is 6.61 Å². The van der Waals surface area contributed by atoms with Crippen LogP contribution in [0.25, 0.3) is 0 Å². The summed E-state index contributed by atoms with van der Waals surface area (Å²) in [6.45, 7) is 4.22. The Hall–Kier alpha value is -2.64. The molecular weight excluding hydrogens is 422 g/mol. The van der Waals surface area contributed by atoms with Gasteiger partial charge in [-0.3, -0.25) is 9.89 Å². The first kappa shape index (κ1) is 20.6. The summed E-state index contributed by atoms with van der Waals surface area (Å²) in [7, 11) is 1.62. The molecule has 6 nitrogen and oxygen atoms in total. The van der Waals surface area contributed by atoms with Crippen LogP contribution in [0.1, 0.15) is 34.6 Å². The molecule has 4 rings (SSSR count). The maximum Gasteiger partial charge on any atom is 0.238 e. The van der Waals surface area contributed by atoms with Crippen LogP contribution < -0.4 is 14.8 Å². The zero-order chi connectivity index (χ0) is 21.3. The number of benzene rings is 2. The third kappa shape index (κ3) is 4.00. The Bertz CT molecular complexity index is 1070. The first-order valence-corrected chi connectivity index (χ1v) is 10.8. The van der Waals surface area contributed by atoms with Gasteiger partial charge in [-0.1, -0.05) is 35.9 Å². The van der Waals surface area contributed by atoms with E-state index in [1.165, 1.54) is 0 Å². The van der Waals surface area contributed by atoms with Crippen molar-refractivity contribution >= 4 is 35.1 Å². The fraction of sp³-hybridized carbons (Fsp3) is 0.273. The molecule has 0 saturated heterocycles. The predicted molar refractivity (Wildman–Crippen MR) is 120 cm³/mol. The lowest BCUT2D eigenvalue weighted by Gasteiger charge is -2.22. The lowest BCUT2D eigenvalue weighted by atomic mass is 10.0. The summed E-state index contributed by atoms with van der Waals surface area (Å²) >= 11 is 7.55. The average Bonchev–Trinajstić information content (AvgIpc) is 3.04. The van der Waals surface area contributed by atoms with E-state index in [4.69, 9.17) is 21.1 Å². The fourth-order valence-corrected chi connectivity index (χ4v) is 4.90. The Morgan fingerprint density at radius 2 is 1.97 bits per heavy atom. The van der Waals surface area contributed by atoms with Crippen LogP contribution in [-0.2, 0) is 11.4 Å². The van der Waals surface area contributed by atoms with E-state index < -0.39 is 0 Å². The van der Waals surface area contributed by atoms with Crippen LogP contribution in [0.3, 0.4) is 0 Å². The van der Waals surface area contributed by atoms with E-state index in [1.54, 1.807) is 18.9 Å². The van der Waals surface area contributed by atoms with E-state index in [0.29, 0.717) is 28.9 Å². The standard InChI is InChI=1S/C22H22ClN3O3S/c1-12-18-20(30-13(2)22(27)24-21(18)26-25-12)16-5-4-6-17(28-3)19(16)29-11-14-7-9-15(23)10-8-14/h4-10,13,20H,11H2,1-3H3,(H2,24,25,26,27). The highest BCUT2D eigenvalue weighted by molar-refractivity contribution is 8.01. The second-order valence-electron chi connectivity index (χ2n) is 7.05. The molecule has 1 aromatic heterocycles. The van der Waals surface area contributed by atoms with Crippen LogP contribution >= 0.6 is 23.4 Å². The number of thioether (sulfide) groups is 1. The predicted octanol–water partition coefficient (Wildman–Crippen LogP) is 5.12. The monoisotopic (exact) mass is 443 g/mol. The topological polar surface area (TPSA) is 76.2 Å². The van der Waals surface area contributed by atoms with Gasteiger partial charge in [0.2, 0.25) is 5.91 Å². The summed E-state index contributed by atoms with van der Waals surface area (Å²) in [6.07, 6.45) is 0. The number of nitrogens with one attached hydrogen (secondary N) is 2. The highest BCUT2D eigenvalue weighted by Gasteiger charge is 2.34.